The number of piperazine rings is 1. The minimum absolute atomic E-state index is 0.171. The van der Waals surface area contributed by atoms with E-state index in [0.717, 1.165) is 25.6 Å². The highest BCUT2D eigenvalue weighted by Gasteiger charge is 2.49. The Bertz CT molecular complexity index is 250. The Labute approximate surface area is 98.6 Å². The lowest BCUT2D eigenvalue weighted by Gasteiger charge is -2.52. The summed E-state index contributed by atoms with van der Waals surface area (Å²) >= 11 is 0. The van der Waals surface area contributed by atoms with Crippen molar-refractivity contribution in [1.82, 2.24) is 10.2 Å². The van der Waals surface area contributed by atoms with Gasteiger partial charge in [0.1, 0.15) is 0 Å². The summed E-state index contributed by atoms with van der Waals surface area (Å²) in [7, 11) is 0. The predicted octanol–water partition coefficient (Wildman–Crippen LogP) is 2.20. The van der Waals surface area contributed by atoms with Crippen molar-refractivity contribution in [3.63, 3.8) is 0 Å². The van der Waals surface area contributed by atoms with Crippen LogP contribution in [0.25, 0.3) is 0 Å². The van der Waals surface area contributed by atoms with Crippen LogP contribution in [0, 0.1) is 5.92 Å². The van der Waals surface area contributed by atoms with E-state index in [9.17, 15) is 4.39 Å². The summed E-state index contributed by atoms with van der Waals surface area (Å²) in [6.07, 6.45) is 3.38. The molecule has 1 saturated heterocycles. The van der Waals surface area contributed by atoms with Crippen LogP contribution >= 0.6 is 0 Å². The molecule has 0 amide bonds. The molecule has 2 rings (SSSR count). The first-order valence-electron chi connectivity index (χ1n) is 6.54. The number of rotatable bonds is 4. The SMILES string of the molecule is CC1(C)CN(CCCF)C(C)(C2CC2)CN1. The summed E-state index contributed by atoms with van der Waals surface area (Å²) in [6, 6.07) is 0. The number of nitrogens with one attached hydrogen (secondary N) is 1. The van der Waals surface area contributed by atoms with Crippen molar-refractivity contribution in [1.29, 1.82) is 0 Å². The van der Waals surface area contributed by atoms with E-state index in [1.807, 2.05) is 0 Å². The summed E-state index contributed by atoms with van der Waals surface area (Å²) in [5.74, 6) is 0.829. The van der Waals surface area contributed by atoms with E-state index in [4.69, 9.17) is 0 Å². The van der Waals surface area contributed by atoms with Crippen molar-refractivity contribution in [2.24, 2.45) is 5.92 Å². The van der Waals surface area contributed by atoms with Gasteiger partial charge in [0.2, 0.25) is 0 Å². The molecule has 0 aromatic rings. The Morgan fingerprint density at radius 2 is 2.00 bits per heavy atom. The lowest BCUT2D eigenvalue weighted by Crippen LogP contribution is -2.68. The zero-order valence-corrected chi connectivity index (χ0v) is 10.9. The molecule has 1 aliphatic heterocycles. The first kappa shape index (κ1) is 12.3. The van der Waals surface area contributed by atoms with Crippen molar-refractivity contribution < 1.29 is 4.39 Å². The van der Waals surface area contributed by atoms with E-state index in [1.54, 1.807) is 0 Å². The Morgan fingerprint density at radius 3 is 2.56 bits per heavy atom. The van der Waals surface area contributed by atoms with Crippen molar-refractivity contribution >= 4 is 0 Å². The van der Waals surface area contributed by atoms with Crippen molar-refractivity contribution in [2.45, 2.75) is 51.1 Å². The van der Waals surface area contributed by atoms with E-state index < -0.39 is 0 Å². The monoisotopic (exact) mass is 228 g/mol. The van der Waals surface area contributed by atoms with Crippen LogP contribution in [0.3, 0.4) is 0 Å². The van der Waals surface area contributed by atoms with Gasteiger partial charge >= 0.3 is 0 Å². The maximum Gasteiger partial charge on any atom is 0.0906 e. The molecule has 1 aliphatic carbocycles. The Morgan fingerprint density at radius 1 is 1.31 bits per heavy atom. The molecular weight excluding hydrogens is 203 g/mol. The van der Waals surface area contributed by atoms with Gasteiger partial charge in [-0.1, -0.05) is 0 Å². The normalized spacial score (nSPS) is 35.2. The lowest BCUT2D eigenvalue weighted by molar-refractivity contribution is 0.0100. The van der Waals surface area contributed by atoms with Gasteiger partial charge in [-0.3, -0.25) is 9.29 Å². The van der Waals surface area contributed by atoms with E-state index in [1.165, 1.54) is 12.8 Å². The molecule has 0 bridgehead atoms. The average Bonchev–Trinajstić information content (AvgIpc) is 3.03. The molecule has 16 heavy (non-hydrogen) atoms. The molecule has 0 spiro atoms. The zero-order valence-electron chi connectivity index (χ0n) is 10.9. The number of alkyl halides is 1. The molecule has 1 N–H and O–H groups in total. The zero-order chi connectivity index (χ0) is 11.8. The molecule has 3 heteroatoms. The van der Waals surface area contributed by atoms with Crippen LogP contribution in [0.15, 0.2) is 0 Å². The molecule has 2 aliphatic rings. The summed E-state index contributed by atoms with van der Waals surface area (Å²) < 4.78 is 12.4. The first-order chi connectivity index (χ1) is 7.48. The smallest absolute Gasteiger partial charge is 0.0906 e. The van der Waals surface area contributed by atoms with Crippen LogP contribution < -0.4 is 5.32 Å². The highest BCUT2D eigenvalue weighted by Crippen LogP contribution is 2.44. The second kappa shape index (κ2) is 4.26. The van der Waals surface area contributed by atoms with Crippen molar-refractivity contribution in [2.75, 3.05) is 26.3 Å². The molecule has 1 saturated carbocycles. The third kappa shape index (κ3) is 2.40. The lowest BCUT2D eigenvalue weighted by atomic mass is 9.86. The molecule has 1 unspecified atom stereocenters. The summed E-state index contributed by atoms with van der Waals surface area (Å²) in [4.78, 5) is 2.53. The van der Waals surface area contributed by atoms with Crippen LogP contribution in [0.1, 0.15) is 40.0 Å². The largest absolute Gasteiger partial charge is 0.309 e. The minimum Gasteiger partial charge on any atom is -0.309 e. The van der Waals surface area contributed by atoms with Gasteiger partial charge in [0.05, 0.1) is 6.67 Å². The molecule has 0 aromatic carbocycles. The highest BCUT2D eigenvalue weighted by molar-refractivity contribution is 5.06. The quantitative estimate of drug-likeness (QED) is 0.793. The van der Waals surface area contributed by atoms with Crippen LogP contribution in [0.4, 0.5) is 4.39 Å². The van der Waals surface area contributed by atoms with Gasteiger partial charge in [-0.05, 0) is 46.0 Å². The molecule has 1 heterocycles. The highest BCUT2D eigenvalue weighted by atomic mass is 19.1. The Balaban J connectivity index is 2.05. The second-order valence-electron chi connectivity index (χ2n) is 6.33. The van der Waals surface area contributed by atoms with Gasteiger partial charge in [0.15, 0.2) is 0 Å². The van der Waals surface area contributed by atoms with E-state index in [0.29, 0.717) is 6.42 Å². The molecule has 2 fully saturated rings. The molecule has 1 atom stereocenters. The maximum atomic E-state index is 12.4. The maximum absolute atomic E-state index is 12.4. The number of hydrogen-bond donors (Lipinski definition) is 1. The van der Waals surface area contributed by atoms with E-state index in [-0.39, 0.29) is 17.8 Å². The van der Waals surface area contributed by atoms with Crippen LogP contribution in [-0.2, 0) is 0 Å². The summed E-state index contributed by atoms with van der Waals surface area (Å²) in [5, 5.41) is 3.64. The number of nitrogens with zero attached hydrogens (tertiary/aromatic N) is 1. The summed E-state index contributed by atoms with van der Waals surface area (Å²) in [5.41, 5.74) is 0.440. The van der Waals surface area contributed by atoms with Crippen LogP contribution in [0.5, 0.6) is 0 Å². The second-order valence-corrected chi connectivity index (χ2v) is 6.33. The number of hydrogen-bond acceptors (Lipinski definition) is 2. The Kier molecular flexibility index (Phi) is 3.28. The predicted molar refractivity (Wildman–Crippen MR) is 65.4 cm³/mol. The van der Waals surface area contributed by atoms with Gasteiger partial charge < -0.3 is 5.32 Å². The summed E-state index contributed by atoms with van der Waals surface area (Å²) in [6.45, 7) is 9.64. The van der Waals surface area contributed by atoms with Crippen molar-refractivity contribution in [3.05, 3.63) is 0 Å². The van der Waals surface area contributed by atoms with E-state index >= 15 is 0 Å². The van der Waals surface area contributed by atoms with Gasteiger partial charge in [-0.2, -0.15) is 0 Å². The molecule has 94 valence electrons. The molecule has 2 nitrogen and oxygen atoms in total. The molecular formula is C13H25FN2. The molecule has 0 aromatic heterocycles. The fraction of sp³-hybridized carbons (Fsp3) is 1.00. The third-order valence-electron chi connectivity index (χ3n) is 4.25. The Hall–Kier alpha value is -0.150. The van der Waals surface area contributed by atoms with Gasteiger partial charge in [-0.15, -0.1) is 0 Å². The average molecular weight is 228 g/mol. The fourth-order valence-corrected chi connectivity index (χ4v) is 2.94. The van der Waals surface area contributed by atoms with Gasteiger partial charge in [0, 0.05) is 30.7 Å². The topological polar surface area (TPSA) is 15.3 Å². The van der Waals surface area contributed by atoms with Gasteiger partial charge in [-0.25, -0.2) is 0 Å². The van der Waals surface area contributed by atoms with Crippen LogP contribution in [0.2, 0.25) is 0 Å². The minimum atomic E-state index is -0.189. The standard InChI is InChI=1S/C13H25FN2/c1-12(2)10-16(8-4-7-14)13(3,9-15-12)11-5-6-11/h11,15H,4-10H2,1-3H3. The number of halogens is 1. The van der Waals surface area contributed by atoms with Gasteiger partial charge in [0.25, 0.3) is 0 Å². The third-order valence-corrected chi connectivity index (χ3v) is 4.25. The van der Waals surface area contributed by atoms with E-state index in [2.05, 4.69) is 31.0 Å². The molecule has 0 radical (unpaired) electrons. The fourth-order valence-electron chi connectivity index (χ4n) is 2.94. The van der Waals surface area contributed by atoms with Crippen LogP contribution in [-0.4, -0.2) is 42.3 Å². The first-order valence-corrected chi connectivity index (χ1v) is 6.54. The van der Waals surface area contributed by atoms with Crippen molar-refractivity contribution in [3.8, 4) is 0 Å².